The van der Waals surface area contributed by atoms with Gasteiger partial charge in [-0.3, -0.25) is 9.89 Å². The van der Waals surface area contributed by atoms with Crippen molar-refractivity contribution in [3.05, 3.63) is 47.8 Å². The van der Waals surface area contributed by atoms with Crippen molar-refractivity contribution in [2.45, 2.75) is 31.8 Å². The third-order valence-electron chi connectivity index (χ3n) is 4.28. The second-order valence-electron chi connectivity index (χ2n) is 5.99. The summed E-state index contributed by atoms with van der Waals surface area (Å²) in [5.74, 6) is -1.71. The maximum absolute atomic E-state index is 13.2. The first kappa shape index (κ1) is 16.4. The number of hydrogen-bond acceptors (Lipinski definition) is 3. The third-order valence-corrected chi connectivity index (χ3v) is 4.28. The molecule has 1 fully saturated rings. The number of H-pyrrole nitrogens is 1. The maximum Gasteiger partial charge on any atom is 0.263 e. The van der Waals surface area contributed by atoms with Gasteiger partial charge in [-0.15, -0.1) is 0 Å². The Morgan fingerprint density at radius 1 is 1.42 bits per heavy atom. The van der Waals surface area contributed by atoms with E-state index in [2.05, 4.69) is 10.2 Å². The average molecular weight is 335 g/mol. The molecule has 24 heavy (non-hydrogen) atoms. The zero-order chi connectivity index (χ0) is 17.1. The highest BCUT2D eigenvalue weighted by atomic mass is 19.2. The van der Waals surface area contributed by atoms with Crippen LogP contribution in [-0.4, -0.2) is 40.2 Å². The lowest BCUT2D eigenvalue weighted by Gasteiger charge is -2.34. The van der Waals surface area contributed by atoms with Crippen LogP contribution in [0.25, 0.3) is 0 Å². The molecular formula is C17H19F2N3O2. The molecule has 1 saturated heterocycles. The Balaban J connectivity index is 1.63. The van der Waals surface area contributed by atoms with Crippen molar-refractivity contribution >= 4 is 5.91 Å². The quantitative estimate of drug-likeness (QED) is 0.935. The van der Waals surface area contributed by atoms with E-state index in [1.165, 1.54) is 6.07 Å². The molecule has 5 nitrogen and oxygen atoms in total. The van der Waals surface area contributed by atoms with E-state index in [9.17, 15) is 13.6 Å². The fourth-order valence-corrected chi connectivity index (χ4v) is 3.00. The molecule has 0 spiro atoms. The molecule has 0 aliphatic carbocycles. The van der Waals surface area contributed by atoms with Crippen molar-refractivity contribution < 1.29 is 18.3 Å². The van der Waals surface area contributed by atoms with Crippen LogP contribution in [0.5, 0.6) is 5.75 Å². The van der Waals surface area contributed by atoms with E-state index in [0.717, 1.165) is 30.5 Å². The van der Waals surface area contributed by atoms with Crippen LogP contribution >= 0.6 is 0 Å². The molecule has 2 heterocycles. The van der Waals surface area contributed by atoms with Crippen LogP contribution in [0, 0.1) is 11.6 Å². The zero-order valence-electron chi connectivity index (χ0n) is 13.3. The van der Waals surface area contributed by atoms with Gasteiger partial charge in [-0.25, -0.2) is 8.78 Å². The van der Waals surface area contributed by atoms with Crippen molar-refractivity contribution in [2.24, 2.45) is 0 Å². The SMILES string of the molecule is C[C@H](Oc1ccc(F)c(F)c1)C(=O)N1CCC[C@H](c2cn[nH]c2)C1. The second-order valence-corrected chi connectivity index (χ2v) is 5.99. The van der Waals surface area contributed by atoms with Gasteiger partial charge in [0.2, 0.25) is 0 Å². The summed E-state index contributed by atoms with van der Waals surface area (Å²) in [5, 5.41) is 6.75. The molecule has 0 radical (unpaired) electrons. The van der Waals surface area contributed by atoms with Gasteiger partial charge in [-0.1, -0.05) is 0 Å². The number of benzene rings is 1. The minimum Gasteiger partial charge on any atom is -0.481 e. The number of aromatic nitrogens is 2. The van der Waals surface area contributed by atoms with E-state index in [-0.39, 0.29) is 17.6 Å². The Labute approximate surface area is 138 Å². The lowest BCUT2D eigenvalue weighted by molar-refractivity contribution is -0.139. The van der Waals surface area contributed by atoms with E-state index in [4.69, 9.17) is 4.74 Å². The Bertz CT molecular complexity index is 706. The molecular weight excluding hydrogens is 316 g/mol. The topological polar surface area (TPSA) is 58.2 Å². The van der Waals surface area contributed by atoms with Crippen LogP contribution in [0.3, 0.4) is 0 Å². The smallest absolute Gasteiger partial charge is 0.263 e. The first-order valence-electron chi connectivity index (χ1n) is 7.94. The summed E-state index contributed by atoms with van der Waals surface area (Å²) in [4.78, 5) is 14.3. The van der Waals surface area contributed by atoms with Gasteiger partial charge in [0.1, 0.15) is 5.75 Å². The fourth-order valence-electron chi connectivity index (χ4n) is 3.00. The predicted octanol–water partition coefficient (Wildman–Crippen LogP) is 2.86. The number of piperidine rings is 1. The summed E-state index contributed by atoms with van der Waals surface area (Å²) in [6.45, 7) is 2.88. The van der Waals surface area contributed by atoms with E-state index >= 15 is 0 Å². The number of hydrogen-bond donors (Lipinski definition) is 1. The summed E-state index contributed by atoms with van der Waals surface area (Å²) >= 11 is 0. The van der Waals surface area contributed by atoms with Crippen LogP contribution in [0.15, 0.2) is 30.6 Å². The van der Waals surface area contributed by atoms with Gasteiger partial charge in [-0.2, -0.15) is 5.10 Å². The number of amides is 1. The van der Waals surface area contributed by atoms with Crippen molar-refractivity contribution in [2.75, 3.05) is 13.1 Å². The number of nitrogens with one attached hydrogen (secondary N) is 1. The van der Waals surface area contributed by atoms with Gasteiger partial charge < -0.3 is 9.64 Å². The molecule has 1 aromatic carbocycles. The maximum atomic E-state index is 13.2. The van der Waals surface area contributed by atoms with Crippen molar-refractivity contribution in [3.8, 4) is 5.75 Å². The number of nitrogens with zero attached hydrogens (tertiary/aromatic N) is 2. The predicted molar refractivity (Wildman–Crippen MR) is 83.6 cm³/mol. The molecule has 1 aromatic heterocycles. The third kappa shape index (κ3) is 3.55. The van der Waals surface area contributed by atoms with E-state index in [1.54, 1.807) is 18.0 Å². The molecule has 1 N–H and O–H groups in total. The van der Waals surface area contributed by atoms with Crippen molar-refractivity contribution in [3.63, 3.8) is 0 Å². The van der Waals surface area contributed by atoms with Crippen LogP contribution < -0.4 is 4.74 Å². The summed E-state index contributed by atoms with van der Waals surface area (Å²) in [5.41, 5.74) is 1.08. The molecule has 1 aliphatic heterocycles. The van der Waals surface area contributed by atoms with Gasteiger partial charge in [-0.05, 0) is 37.5 Å². The van der Waals surface area contributed by atoms with Crippen LogP contribution in [0.2, 0.25) is 0 Å². The Kier molecular flexibility index (Phi) is 4.78. The van der Waals surface area contributed by atoms with E-state index in [0.29, 0.717) is 13.1 Å². The highest BCUT2D eigenvalue weighted by Gasteiger charge is 2.29. The Hall–Kier alpha value is -2.44. The highest BCUT2D eigenvalue weighted by molar-refractivity contribution is 5.81. The van der Waals surface area contributed by atoms with Crippen LogP contribution in [0.1, 0.15) is 31.2 Å². The number of rotatable bonds is 4. The second kappa shape index (κ2) is 6.98. The molecule has 7 heteroatoms. The molecule has 0 bridgehead atoms. The normalized spacial score (nSPS) is 19.1. The monoisotopic (exact) mass is 335 g/mol. The molecule has 2 atom stereocenters. The van der Waals surface area contributed by atoms with Gasteiger partial charge in [0.15, 0.2) is 17.7 Å². The number of carbonyl (C=O) groups is 1. The molecule has 1 amide bonds. The molecule has 0 unspecified atom stereocenters. The summed E-state index contributed by atoms with van der Waals surface area (Å²) < 4.78 is 31.7. The van der Waals surface area contributed by atoms with Crippen molar-refractivity contribution in [1.29, 1.82) is 0 Å². The van der Waals surface area contributed by atoms with Gasteiger partial charge in [0.25, 0.3) is 5.91 Å². The largest absolute Gasteiger partial charge is 0.481 e. The lowest BCUT2D eigenvalue weighted by atomic mass is 9.92. The van der Waals surface area contributed by atoms with E-state index in [1.807, 2.05) is 6.20 Å². The minimum atomic E-state index is -0.995. The lowest BCUT2D eigenvalue weighted by Crippen LogP contribution is -2.45. The number of halogens is 2. The van der Waals surface area contributed by atoms with E-state index < -0.39 is 17.7 Å². The molecule has 128 valence electrons. The minimum absolute atomic E-state index is 0.137. The first-order valence-corrected chi connectivity index (χ1v) is 7.94. The summed E-state index contributed by atoms with van der Waals surface area (Å²) in [6, 6.07) is 3.24. The fraction of sp³-hybridized carbons (Fsp3) is 0.412. The van der Waals surface area contributed by atoms with Gasteiger partial charge >= 0.3 is 0 Å². The standard InChI is InChI=1S/C17H19F2N3O2/c1-11(24-14-4-5-15(18)16(19)7-14)17(23)22-6-2-3-12(10-22)13-8-20-21-9-13/h4-5,7-9,11-12H,2-3,6,10H2,1H3,(H,20,21)/t11-,12-/m0/s1. The molecule has 3 rings (SSSR count). The Morgan fingerprint density at radius 3 is 2.96 bits per heavy atom. The number of carbonyl (C=O) groups excluding carboxylic acids is 1. The average Bonchev–Trinajstić information content (AvgIpc) is 3.12. The molecule has 1 aliphatic rings. The molecule has 2 aromatic rings. The molecule has 0 saturated carbocycles. The zero-order valence-corrected chi connectivity index (χ0v) is 13.3. The van der Waals surface area contributed by atoms with Crippen molar-refractivity contribution in [1.82, 2.24) is 15.1 Å². The van der Waals surface area contributed by atoms with Gasteiger partial charge in [0, 0.05) is 31.3 Å². The summed E-state index contributed by atoms with van der Waals surface area (Å²) in [7, 11) is 0. The first-order chi connectivity index (χ1) is 11.5. The summed E-state index contributed by atoms with van der Waals surface area (Å²) in [6.07, 6.45) is 4.76. The number of aromatic amines is 1. The van der Waals surface area contributed by atoms with Gasteiger partial charge in [0.05, 0.1) is 6.20 Å². The Morgan fingerprint density at radius 2 is 2.25 bits per heavy atom. The van der Waals surface area contributed by atoms with Crippen LogP contribution in [0.4, 0.5) is 8.78 Å². The highest BCUT2D eigenvalue weighted by Crippen LogP contribution is 2.27. The number of ether oxygens (including phenoxy) is 1. The number of likely N-dealkylation sites (tertiary alicyclic amines) is 1. The van der Waals surface area contributed by atoms with Crippen LogP contribution in [-0.2, 0) is 4.79 Å².